The molecule has 0 spiro atoms. The maximum absolute atomic E-state index is 13.1. The molecule has 1 aromatic rings. The minimum Gasteiger partial charge on any atom is -0.340 e. The first-order valence-corrected chi connectivity index (χ1v) is 11.4. The average molecular weight is 432 g/mol. The van der Waals surface area contributed by atoms with Crippen LogP contribution < -0.4 is 0 Å². The average Bonchev–Trinajstić information content (AvgIpc) is 2.60. The first-order chi connectivity index (χ1) is 13.0. The number of hydrogen-bond donors (Lipinski definition) is 0. The Bertz CT molecular complexity index is 687. The molecule has 1 aliphatic heterocycles. The molecule has 1 amide bonds. The molecule has 1 saturated heterocycles. The zero-order valence-electron chi connectivity index (χ0n) is 16.1. The Morgan fingerprint density at radius 1 is 1.07 bits per heavy atom. The first-order valence-electron chi connectivity index (χ1n) is 10.6. The van der Waals surface area contributed by atoms with Gasteiger partial charge in [-0.25, -0.2) is 0 Å². The van der Waals surface area contributed by atoms with E-state index in [1.54, 1.807) is 0 Å². The third kappa shape index (κ3) is 3.69. The van der Waals surface area contributed by atoms with Crippen molar-refractivity contribution in [1.82, 2.24) is 14.8 Å². The Balaban J connectivity index is 1.17. The summed E-state index contributed by atoms with van der Waals surface area (Å²) in [4.78, 5) is 21.8. The molecule has 27 heavy (non-hydrogen) atoms. The van der Waals surface area contributed by atoms with Crippen molar-refractivity contribution in [3.63, 3.8) is 0 Å². The standard InChI is InChI=1S/C22H30BrN3O/c23-22-12-18-9-19(13-22)11-21(10-18,16-22)14-20(27)26-7-5-25(6-8-26)15-17-1-3-24-4-2-17/h1-4,18-19H,5-16H2. The Kier molecular flexibility index (Phi) is 4.59. The minimum absolute atomic E-state index is 0.291. The van der Waals surface area contributed by atoms with Gasteiger partial charge >= 0.3 is 0 Å². The summed E-state index contributed by atoms with van der Waals surface area (Å²) in [5.41, 5.74) is 1.60. The lowest BCUT2D eigenvalue weighted by Crippen LogP contribution is -2.55. The van der Waals surface area contributed by atoms with E-state index in [1.165, 1.54) is 44.1 Å². The van der Waals surface area contributed by atoms with E-state index in [2.05, 4.69) is 42.8 Å². The summed E-state index contributed by atoms with van der Waals surface area (Å²) >= 11 is 4.08. The second-order valence-corrected chi connectivity index (χ2v) is 11.5. The van der Waals surface area contributed by atoms with Gasteiger partial charge in [0.05, 0.1) is 0 Å². The summed E-state index contributed by atoms with van der Waals surface area (Å²) in [6, 6.07) is 4.17. The number of halogens is 1. The summed E-state index contributed by atoms with van der Waals surface area (Å²) in [5, 5.41) is 0. The van der Waals surface area contributed by atoms with Gasteiger partial charge in [0.1, 0.15) is 0 Å². The lowest BCUT2D eigenvalue weighted by Gasteiger charge is -2.60. The molecule has 0 N–H and O–H groups in total. The number of alkyl halides is 1. The van der Waals surface area contributed by atoms with E-state index < -0.39 is 0 Å². The highest BCUT2D eigenvalue weighted by atomic mass is 79.9. The zero-order chi connectivity index (χ0) is 18.5. The molecule has 2 heterocycles. The number of rotatable bonds is 4. The van der Waals surface area contributed by atoms with Gasteiger partial charge in [-0.3, -0.25) is 14.7 Å². The maximum Gasteiger partial charge on any atom is 0.223 e. The van der Waals surface area contributed by atoms with Gasteiger partial charge in [0, 0.05) is 55.9 Å². The quantitative estimate of drug-likeness (QED) is 0.679. The predicted octanol–water partition coefficient (Wildman–Crippen LogP) is 3.85. The Labute approximate surface area is 170 Å². The lowest BCUT2D eigenvalue weighted by molar-refractivity contribution is -0.140. The van der Waals surface area contributed by atoms with Gasteiger partial charge in [0.2, 0.25) is 5.91 Å². The smallest absolute Gasteiger partial charge is 0.223 e. The summed E-state index contributed by atoms with van der Waals surface area (Å²) in [5.74, 6) is 2.13. The van der Waals surface area contributed by atoms with Crippen LogP contribution in [0.25, 0.3) is 0 Å². The fraction of sp³-hybridized carbons (Fsp3) is 0.727. The molecule has 1 aromatic heterocycles. The molecular weight excluding hydrogens is 402 g/mol. The highest BCUT2D eigenvalue weighted by Gasteiger charge is 2.57. The number of carbonyl (C=O) groups is 1. The van der Waals surface area contributed by atoms with Crippen molar-refractivity contribution in [3.05, 3.63) is 30.1 Å². The summed E-state index contributed by atoms with van der Waals surface area (Å²) < 4.78 is 0.348. The van der Waals surface area contributed by atoms with Crippen molar-refractivity contribution in [3.8, 4) is 0 Å². The SMILES string of the molecule is O=C(CC12CC3CC(CC(Br)(C3)C1)C2)N1CCN(Cc2ccncc2)CC1. The first kappa shape index (κ1) is 18.1. The highest BCUT2D eigenvalue weighted by molar-refractivity contribution is 9.10. The van der Waals surface area contributed by atoms with Crippen molar-refractivity contribution in [2.45, 2.75) is 55.8 Å². The molecule has 4 aliphatic carbocycles. The number of aromatic nitrogens is 1. The van der Waals surface area contributed by atoms with Crippen molar-refractivity contribution >= 4 is 21.8 Å². The van der Waals surface area contributed by atoms with Gasteiger partial charge in [0.15, 0.2) is 0 Å². The van der Waals surface area contributed by atoms with E-state index in [9.17, 15) is 4.79 Å². The van der Waals surface area contributed by atoms with Gasteiger partial charge in [-0.15, -0.1) is 0 Å². The predicted molar refractivity (Wildman–Crippen MR) is 109 cm³/mol. The van der Waals surface area contributed by atoms with Crippen LogP contribution in [0.4, 0.5) is 0 Å². The second-order valence-electron chi connectivity index (χ2n) is 9.80. The van der Waals surface area contributed by atoms with Crippen molar-refractivity contribution in [2.24, 2.45) is 17.3 Å². The van der Waals surface area contributed by atoms with Crippen LogP contribution >= 0.6 is 15.9 Å². The molecule has 4 bridgehead atoms. The van der Waals surface area contributed by atoms with Crippen molar-refractivity contribution in [1.29, 1.82) is 0 Å². The van der Waals surface area contributed by atoms with E-state index in [4.69, 9.17) is 0 Å². The molecule has 5 heteroatoms. The van der Waals surface area contributed by atoms with Crippen LogP contribution in [0, 0.1) is 17.3 Å². The van der Waals surface area contributed by atoms with E-state index in [-0.39, 0.29) is 0 Å². The molecule has 0 aromatic carbocycles. The molecule has 5 aliphatic rings. The van der Waals surface area contributed by atoms with Gasteiger partial charge < -0.3 is 4.90 Å². The fourth-order valence-corrected chi connectivity index (χ4v) is 8.39. The number of hydrogen-bond acceptors (Lipinski definition) is 3. The number of pyridine rings is 1. The molecule has 4 saturated carbocycles. The monoisotopic (exact) mass is 431 g/mol. The number of carbonyl (C=O) groups excluding carboxylic acids is 1. The van der Waals surface area contributed by atoms with Crippen LogP contribution in [-0.2, 0) is 11.3 Å². The molecule has 146 valence electrons. The van der Waals surface area contributed by atoms with Gasteiger partial charge in [-0.1, -0.05) is 15.9 Å². The molecule has 5 fully saturated rings. The van der Waals surface area contributed by atoms with Crippen LogP contribution in [0.2, 0.25) is 0 Å². The highest BCUT2D eigenvalue weighted by Crippen LogP contribution is 2.65. The van der Waals surface area contributed by atoms with Crippen molar-refractivity contribution < 1.29 is 4.79 Å². The van der Waals surface area contributed by atoms with E-state index in [1.807, 2.05) is 12.4 Å². The van der Waals surface area contributed by atoms with Crippen LogP contribution in [0.5, 0.6) is 0 Å². The molecule has 6 rings (SSSR count). The third-order valence-electron chi connectivity index (χ3n) is 7.52. The minimum atomic E-state index is 0.291. The van der Waals surface area contributed by atoms with Crippen LogP contribution in [0.1, 0.15) is 50.5 Å². The normalized spacial score (nSPS) is 38.3. The third-order valence-corrected chi connectivity index (χ3v) is 8.45. The Morgan fingerprint density at radius 2 is 1.74 bits per heavy atom. The van der Waals surface area contributed by atoms with Crippen molar-refractivity contribution in [2.75, 3.05) is 26.2 Å². The molecule has 0 radical (unpaired) electrons. The van der Waals surface area contributed by atoms with E-state index in [0.29, 0.717) is 15.6 Å². The molecule has 4 nitrogen and oxygen atoms in total. The second kappa shape index (κ2) is 6.84. The van der Waals surface area contributed by atoms with Gasteiger partial charge in [0.25, 0.3) is 0 Å². The number of amides is 1. The molecular formula is C22H30BrN3O. The van der Waals surface area contributed by atoms with Crippen LogP contribution in [0.15, 0.2) is 24.5 Å². The number of nitrogens with zero attached hydrogens (tertiary/aromatic N) is 3. The topological polar surface area (TPSA) is 36.4 Å². The zero-order valence-corrected chi connectivity index (χ0v) is 17.7. The molecule has 2 atom stereocenters. The van der Waals surface area contributed by atoms with E-state index in [0.717, 1.165) is 51.0 Å². The van der Waals surface area contributed by atoms with Crippen LogP contribution in [-0.4, -0.2) is 51.2 Å². The summed E-state index contributed by atoms with van der Waals surface area (Å²) in [7, 11) is 0. The summed E-state index contributed by atoms with van der Waals surface area (Å²) in [6.07, 6.45) is 12.4. The maximum atomic E-state index is 13.1. The largest absolute Gasteiger partial charge is 0.340 e. The molecule has 2 unspecified atom stereocenters. The Hall–Kier alpha value is -0.940. The fourth-order valence-electron chi connectivity index (χ4n) is 6.88. The summed E-state index contributed by atoms with van der Waals surface area (Å²) in [6.45, 7) is 4.69. The van der Waals surface area contributed by atoms with E-state index >= 15 is 0 Å². The lowest BCUT2D eigenvalue weighted by atomic mass is 9.48. The van der Waals surface area contributed by atoms with Crippen LogP contribution in [0.3, 0.4) is 0 Å². The van der Waals surface area contributed by atoms with Gasteiger partial charge in [-0.2, -0.15) is 0 Å². The Morgan fingerprint density at radius 3 is 2.37 bits per heavy atom. The number of piperazine rings is 1. The van der Waals surface area contributed by atoms with Gasteiger partial charge in [-0.05, 0) is 73.5 Å².